The van der Waals surface area contributed by atoms with E-state index in [0.29, 0.717) is 18.9 Å². The Labute approximate surface area is 143 Å². The number of carbonyl (C=O) groups excluding carboxylic acids is 2. The minimum atomic E-state index is 0.0859. The number of nitrogens with zero attached hydrogens (tertiary/aromatic N) is 1. The average molecular weight is 329 g/mol. The highest BCUT2D eigenvalue weighted by Crippen LogP contribution is 2.26. The van der Waals surface area contributed by atoms with Crippen LogP contribution in [0, 0.1) is 5.92 Å². The SMILES string of the molecule is C[C@H]1CCCN(C(=O)CN[C@@H](C)c2ccc3c(c2)CCC(=O)N3)C1. The van der Waals surface area contributed by atoms with Gasteiger partial charge in [0.25, 0.3) is 0 Å². The molecule has 0 aliphatic carbocycles. The molecule has 5 nitrogen and oxygen atoms in total. The van der Waals surface area contributed by atoms with E-state index in [2.05, 4.69) is 30.5 Å². The van der Waals surface area contributed by atoms with Crippen molar-refractivity contribution in [3.05, 3.63) is 29.3 Å². The average Bonchev–Trinajstić information content (AvgIpc) is 2.58. The van der Waals surface area contributed by atoms with E-state index < -0.39 is 0 Å². The van der Waals surface area contributed by atoms with Crippen molar-refractivity contribution in [3.63, 3.8) is 0 Å². The molecule has 2 atom stereocenters. The molecule has 0 saturated carbocycles. The number of anilines is 1. The second kappa shape index (κ2) is 7.34. The Bertz CT molecular complexity index is 629. The Kier molecular flexibility index (Phi) is 5.19. The van der Waals surface area contributed by atoms with Gasteiger partial charge in [0, 0.05) is 31.2 Å². The third-order valence-electron chi connectivity index (χ3n) is 5.09. The second-order valence-electron chi connectivity index (χ2n) is 7.15. The summed E-state index contributed by atoms with van der Waals surface area (Å²) in [5.74, 6) is 0.886. The molecule has 2 N–H and O–H groups in total. The largest absolute Gasteiger partial charge is 0.341 e. The molecule has 24 heavy (non-hydrogen) atoms. The number of carbonyl (C=O) groups is 2. The maximum absolute atomic E-state index is 12.4. The number of rotatable bonds is 4. The van der Waals surface area contributed by atoms with Crippen molar-refractivity contribution in [1.82, 2.24) is 10.2 Å². The zero-order valence-electron chi connectivity index (χ0n) is 14.6. The molecule has 2 aliphatic rings. The summed E-state index contributed by atoms with van der Waals surface area (Å²) < 4.78 is 0. The molecule has 130 valence electrons. The van der Waals surface area contributed by atoms with Crippen LogP contribution in [-0.2, 0) is 16.0 Å². The number of hydrogen-bond donors (Lipinski definition) is 2. The van der Waals surface area contributed by atoms with Crippen LogP contribution in [0.25, 0.3) is 0 Å². The molecule has 2 heterocycles. The molecule has 0 spiro atoms. The molecule has 1 saturated heterocycles. The van der Waals surface area contributed by atoms with Gasteiger partial charge in [0.05, 0.1) is 6.54 Å². The van der Waals surface area contributed by atoms with Gasteiger partial charge in [0.15, 0.2) is 0 Å². The van der Waals surface area contributed by atoms with Crippen LogP contribution >= 0.6 is 0 Å². The third kappa shape index (κ3) is 3.96. The highest BCUT2D eigenvalue weighted by atomic mass is 16.2. The maximum Gasteiger partial charge on any atom is 0.236 e. The predicted octanol–water partition coefficient (Wildman–Crippen LogP) is 2.48. The van der Waals surface area contributed by atoms with Crippen molar-refractivity contribution >= 4 is 17.5 Å². The monoisotopic (exact) mass is 329 g/mol. The summed E-state index contributed by atoms with van der Waals surface area (Å²) >= 11 is 0. The topological polar surface area (TPSA) is 61.4 Å². The Balaban J connectivity index is 1.56. The van der Waals surface area contributed by atoms with Gasteiger partial charge in [-0.3, -0.25) is 9.59 Å². The van der Waals surface area contributed by atoms with Crippen LogP contribution in [-0.4, -0.2) is 36.3 Å². The molecule has 0 radical (unpaired) electrons. The molecular weight excluding hydrogens is 302 g/mol. The highest BCUT2D eigenvalue weighted by Gasteiger charge is 2.21. The lowest BCUT2D eigenvalue weighted by Crippen LogP contribution is -2.43. The number of nitrogens with one attached hydrogen (secondary N) is 2. The van der Waals surface area contributed by atoms with Crippen LogP contribution in [0.4, 0.5) is 5.69 Å². The van der Waals surface area contributed by atoms with Crippen LogP contribution < -0.4 is 10.6 Å². The van der Waals surface area contributed by atoms with Crippen molar-refractivity contribution in [2.45, 2.75) is 45.6 Å². The van der Waals surface area contributed by atoms with Crippen LogP contribution in [0.1, 0.15) is 50.3 Å². The van der Waals surface area contributed by atoms with Gasteiger partial charge in [-0.1, -0.05) is 19.1 Å². The van der Waals surface area contributed by atoms with E-state index in [1.54, 1.807) is 0 Å². The third-order valence-corrected chi connectivity index (χ3v) is 5.09. The number of amides is 2. The molecule has 0 aromatic heterocycles. The second-order valence-corrected chi connectivity index (χ2v) is 7.15. The van der Waals surface area contributed by atoms with E-state index in [1.165, 1.54) is 12.0 Å². The fourth-order valence-electron chi connectivity index (χ4n) is 3.56. The Hall–Kier alpha value is -1.88. The fourth-order valence-corrected chi connectivity index (χ4v) is 3.56. The van der Waals surface area contributed by atoms with Gasteiger partial charge in [-0.05, 0) is 49.3 Å². The Morgan fingerprint density at radius 2 is 2.25 bits per heavy atom. The summed E-state index contributed by atoms with van der Waals surface area (Å²) in [6.45, 7) is 6.43. The van der Waals surface area contributed by atoms with Gasteiger partial charge >= 0.3 is 0 Å². The summed E-state index contributed by atoms with van der Waals surface area (Å²) in [7, 11) is 0. The van der Waals surface area contributed by atoms with Gasteiger partial charge in [-0.2, -0.15) is 0 Å². The van der Waals surface area contributed by atoms with E-state index in [4.69, 9.17) is 0 Å². The lowest BCUT2D eigenvalue weighted by atomic mass is 9.97. The van der Waals surface area contributed by atoms with Crippen molar-refractivity contribution < 1.29 is 9.59 Å². The molecule has 1 aromatic rings. The number of benzene rings is 1. The predicted molar refractivity (Wildman–Crippen MR) is 94.8 cm³/mol. The number of fused-ring (bicyclic) bond motifs is 1. The van der Waals surface area contributed by atoms with E-state index in [9.17, 15) is 9.59 Å². The van der Waals surface area contributed by atoms with Crippen molar-refractivity contribution in [1.29, 1.82) is 0 Å². The highest BCUT2D eigenvalue weighted by molar-refractivity contribution is 5.93. The maximum atomic E-state index is 12.4. The molecule has 1 fully saturated rings. The fraction of sp³-hybridized carbons (Fsp3) is 0.579. The van der Waals surface area contributed by atoms with Crippen LogP contribution in [0.15, 0.2) is 18.2 Å². The van der Waals surface area contributed by atoms with Gasteiger partial charge < -0.3 is 15.5 Å². The first-order chi connectivity index (χ1) is 11.5. The molecule has 1 aromatic carbocycles. The van der Waals surface area contributed by atoms with E-state index in [0.717, 1.165) is 37.2 Å². The number of aryl methyl sites for hydroxylation is 1. The van der Waals surface area contributed by atoms with E-state index in [1.807, 2.05) is 17.0 Å². The van der Waals surface area contributed by atoms with Gasteiger partial charge in [-0.25, -0.2) is 0 Å². The quantitative estimate of drug-likeness (QED) is 0.892. The first kappa shape index (κ1) is 17.0. The summed E-state index contributed by atoms with van der Waals surface area (Å²) in [6, 6.07) is 6.24. The van der Waals surface area contributed by atoms with Crippen molar-refractivity contribution in [2.75, 3.05) is 25.0 Å². The first-order valence-corrected chi connectivity index (χ1v) is 8.97. The van der Waals surface area contributed by atoms with Gasteiger partial charge in [-0.15, -0.1) is 0 Å². The lowest BCUT2D eigenvalue weighted by molar-refractivity contribution is -0.132. The zero-order chi connectivity index (χ0) is 17.1. The molecule has 0 unspecified atom stereocenters. The minimum Gasteiger partial charge on any atom is -0.341 e. The van der Waals surface area contributed by atoms with Gasteiger partial charge in [0.2, 0.25) is 11.8 Å². The van der Waals surface area contributed by atoms with Crippen LogP contribution in [0.5, 0.6) is 0 Å². The summed E-state index contributed by atoms with van der Waals surface area (Å²) in [5, 5.41) is 6.25. The van der Waals surface area contributed by atoms with Gasteiger partial charge in [0.1, 0.15) is 0 Å². The minimum absolute atomic E-state index is 0.0859. The van der Waals surface area contributed by atoms with Crippen LogP contribution in [0.2, 0.25) is 0 Å². The number of hydrogen-bond acceptors (Lipinski definition) is 3. The summed E-state index contributed by atoms with van der Waals surface area (Å²) in [5.41, 5.74) is 3.25. The normalized spacial score (nSPS) is 21.8. The first-order valence-electron chi connectivity index (χ1n) is 8.97. The molecule has 0 bridgehead atoms. The van der Waals surface area contributed by atoms with Crippen molar-refractivity contribution in [3.8, 4) is 0 Å². The van der Waals surface area contributed by atoms with E-state index >= 15 is 0 Å². The Morgan fingerprint density at radius 3 is 3.04 bits per heavy atom. The number of piperidine rings is 1. The van der Waals surface area contributed by atoms with E-state index in [-0.39, 0.29) is 17.9 Å². The summed E-state index contributed by atoms with van der Waals surface area (Å²) in [6.07, 6.45) is 3.66. The smallest absolute Gasteiger partial charge is 0.236 e. The Morgan fingerprint density at radius 1 is 1.42 bits per heavy atom. The molecule has 5 heteroatoms. The standard InChI is InChI=1S/C19H27N3O2/c1-13-4-3-9-22(12-13)19(24)11-20-14(2)15-5-7-17-16(10-15)6-8-18(23)21-17/h5,7,10,13-14,20H,3-4,6,8-9,11-12H2,1-2H3,(H,21,23)/t13-,14-/m0/s1. The van der Waals surface area contributed by atoms with Crippen LogP contribution in [0.3, 0.4) is 0 Å². The number of likely N-dealkylation sites (tertiary alicyclic amines) is 1. The zero-order valence-corrected chi connectivity index (χ0v) is 14.6. The molecule has 2 aliphatic heterocycles. The summed E-state index contributed by atoms with van der Waals surface area (Å²) in [4.78, 5) is 25.8. The molecule has 3 rings (SSSR count). The molecular formula is C19H27N3O2. The molecule has 2 amide bonds. The lowest BCUT2D eigenvalue weighted by Gasteiger charge is -2.31. The van der Waals surface area contributed by atoms with Crippen molar-refractivity contribution in [2.24, 2.45) is 5.92 Å².